The van der Waals surface area contributed by atoms with E-state index in [1.165, 1.54) is 6.26 Å². The van der Waals surface area contributed by atoms with Crippen LogP contribution in [0.3, 0.4) is 0 Å². The van der Waals surface area contributed by atoms with Gasteiger partial charge in [0.1, 0.15) is 0 Å². The van der Waals surface area contributed by atoms with Crippen molar-refractivity contribution in [2.75, 3.05) is 32.4 Å². The van der Waals surface area contributed by atoms with Crippen molar-refractivity contribution in [2.24, 2.45) is 0 Å². The third kappa shape index (κ3) is 5.84. The van der Waals surface area contributed by atoms with Gasteiger partial charge in [-0.2, -0.15) is 0 Å². The molecule has 1 N–H and O–H groups in total. The Hall–Kier alpha value is -0.130. The van der Waals surface area contributed by atoms with Gasteiger partial charge in [0.05, 0.1) is 4.75 Å². The Morgan fingerprint density at radius 1 is 1.24 bits per heavy atom. The molecule has 0 saturated carbocycles. The topological polar surface area (TPSA) is 49.4 Å². The van der Waals surface area contributed by atoms with Crippen molar-refractivity contribution < 1.29 is 8.42 Å². The third-order valence-corrected chi connectivity index (χ3v) is 5.46. The highest BCUT2D eigenvalue weighted by atomic mass is 32.2. The van der Waals surface area contributed by atoms with E-state index in [0.29, 0.717) is 12.6 Å². The second-order valence-electron chi connectivity index (χ2n) is 5.30. The first kappa shape index (κ1) is 16.9. The van der Waals surface area contributed by atoms with Crippen molar-refractivity contribution in [2.45, 2.75) is 45.4 Å². The number of nitrogens with zero attached hydrogens (tertiary/aromatic N) is 1. The molecular formula is C12H28N2O2S. The summed E-state index contributed by atoms with van der Waals surface area (Å²) in [4.78, 5) is 2.32. The van der Waals surface area contributed by atoms with Crippen molar-refractivity contribution in [3.05, 3.63) is 0 Å². The Bertz CT molecular complexity index is 308. The zero-order valence-electron chi connectivity index (χ0n) is 12.1. The Kier molecular flexibility index (Phi) is 6.66. The molecule has 0 bridgehead atoms. The molecule has 0 spiro atoms. The molecule has 0 aromatic rings. The van der Waals surface area contributed by atoms with Crippen molar-refractivity contribution in [3.63, 3.8) is 0 Å². The fourth-order valence-electron chi connectivity index (χ4n) is 1.48. The highest BCUT2D eigenvalue weighted by Crippen LogP contribution is 2.13. The lowest BCUT2D eigenvalue weighted by Crippen LogP contribution is -2.47. The average molecular weight is 264 g/mol. The number of hydrogen-bond donors (Lipinski definition) is 1. The molecule has 0 aliphatic carbocycles. The summed E-state index contributed by atoms with van der Waals surface area (Å²) in [5, 5.41) is 3.31. The molecule has 5 heteroatoms. The standard InChI is InChI=1S/C12H28N2O2S/c1-7-14(8-2)9-11(3)13-10-12(4,5)17(6,15)16/h11,13H,7-10H2,1-6H3. The van der Waals surface area contributed by atoms with E-state index in [0.717, 1.165) is 19.6 Å². The number of rotatable bonds is 8. The summed E-state index contributed by atoms with van der Waals surface area (Å²) in [5.41, 5.74) is 0. The van der Waals surface area contributed by atoms with Gasteiger partial charge >= 0.3 is 0 Å². The lowest BCUT2D eigenvalue weighted by Gasteiger charge is -2.28. The minimum Gasteiger partial charge on any atom is -0.311 e. The van der Waals surface area contributed by atoms with Crippen LogP contribution in [-0.4, -0.2) is 56.5 Å². The van der Waals surface area contributed by atoms with E-state index in [9.17, 15) is 8.42 Å². The normalized spacial score (nSPS) is 15.2. The molecule has 0 aromatic heterocycles. The lowest BCUT2D eigenvalue weighted by molar-refractivity contribution is 0.269. The fourth-order valence-corrected chi connectivity index (χ4v) is 1.83. The molecule has 1 unspecified atom stereocenters. The van der Waals surface area contributed by atoms with Crippen molar-refractivity contribution in [1.82, 2.24) is 10.2 Å². The van der Waals surface area contributed by atoms with Crippen molar-refractivity contribution in [1.29, 1.82) is 0 Å². The Morgan fingerprint density at radius 3 is 2.06 bits per heavy atom. The first-order chi connectivity index (χ1) is 7.64. The van der Waals surface area contributed by atoms with Crippen LogP contribution in [0.25, 0.3) is 0 Å². The van der Waals surface area contributed by atoms with Crippen LogP contribution in [-0.2, 0) is 9.84 Å². The van der Waals surface area contributed by atoms with Crippen LogP contribution in [0.2, 0.25) is 0 Å². The smallest absolute Gasteiger partial charge is 0.153 e. The molecule has 4 nitrogen and oxygen atoms in total. The van der Waals surface area contributed by atoms with Gasteiger partial charge in [-0.1, -0.05) is 13.8 Å². The van der Waals surface area contributed by atoms with Crippen LogP contribution < -0.4 is 5.32 Å². The molecular weight excluding hydrogens is 236 g/mol. The zero-order chi connectivity index (χ0) is 13.7. The SMILES string of the molecule is CCN(CC)CC(C)NCC(C)(C)S(C)(=O)=O. The molecule has 0 aromatic carbocycles. The van der Waals surface area contributed by atoms with E-state index < -0.39 is 14.6 Å². The summed E-state index contributed by atoms with van der Waals surface area (Å²) >= 11 is 0. The minimum absolute atomic E-state index is 0.302. The third-order valence-electron chi connectivity index (χ3n) is 3.31. The van der Waals surface area contributed by atoms with Crippen LogP contribution in [0.1, 0.15) is 34.6 Å². The van der Waals surface area contributed by atoms with E-state index in [1.807, 2.05) is 0 Å². The molecule has 0 fully saturated rings. The molecule has 0 aliphatic heterocycles. The van der Waals surface area contributed by atoms with Gasteiger partial charge in [0.15, 0.2) is 9.84 Å². The fraction of sp³-hybridized carbons (Fsp3) is 1.00. The molecule has 104 valence electrons. The van der Waals surface area contributed by atoms with Gasteiger partial charge in [-0.15, -0.1) is 0 Å². The maximum Gasteiger partial charge on any atom is 0.153 e. The largest absolute Gasteiger partial charge is 0.311 e. The highest BCUT2D eigenvalue weighted by Gasteiger charge is 2.30. The van der Waals surface area contributed by atoms with E-state index in [4.69, 9.17) is 0 Å². The summed E-state index contributed by atoms with van der Waals surface area (Å²) < 4.78 is 22.4. The predicted molar refractivity (Wildman–Crippen MR) is 74.2 cm³/mol. The molecule has 0 heterocycles. The molecule has 0 radical (unpaired) electrons. The first-order valence-electron chi connectivity index (χ1n) is 6.29. The molecule has 0 aliphatic rings. The molecule has 0 saturated heterocycles. The first-order valence-corrected chi connectivity index (χ1v) is 8.18. The Labute approximate surface area is 107 Å². The summed E-state index contributed by atoms with van der Waals surface area (Å²) in [6.45, 7) is 13.4. The summed E-state index contributed by atoms with van der Waals surface area (Å²) in [5.74, 6) is 0. The second-order valence-corrected chi connectivity index (χ2v) is 7.95. The van der Waals surface area contributed by atoms with Gasteiger partial charge < -0.3 is 10.2 Å². The highest BCUT2D eigenvalue weighted by molar-refractivity contribution is 7.92. The monoisotopic (exact) mass is 264 g/mol. The molecule has 17 heavy (non-hydrogen) atoms. The maximum absolute atomic E-state index is 11.5. The van der Waals surface area contributed by atoms with E-state index in [1.54, 1.807) is 13.8 Å². The van der Waals surface area contributed by atoms with Crippen molar-refractivity contribution >= 4 is 9.84 Å². The van der Waals surface area contributed by atoms with Gasteiger partial charge in [-0.25, -0.2) is 8.42 Å². The Morgan fingerprint density at radius 2 is 1.71 bits per heavy atom. The number of sulfone groups is 1. The van der Waals surface area contributed by atoms with Crippen LogP contribution in [0.15, 0.2) is 0 Å². The summed E-state index contributed by atoms with van der Waals surface area (Å²) in [6, 6.07) is 0.302. The second kappa shape index (κ2) is 6.71. The van der Waals surface area contributed by atoms with E-state index in [2.05, 4.69) is 31.0 Å². The van der Waals surface area contributed by atoms with Gasteiger partial charge in [0.2, 0.25) is 0 Å². The lowest BCUT2D eigenvalue weighted by atomic mass is 10.2. The van der Waals surface area contributed by atoms with Crippen LogP contribution in [0, 0.1) is 0 Å². The molecule has 0 amide bonds. The quantitative estimate of drug-likeness (QED) is 0.714. The number of nitrogens with one attached hydrogen (secondary N) is 1. The molecule has 1 atom stereocenters. The zero-order valence-corrected chi connectivity index (χ0v) is 12.9. The average Bonchev–Trinajstić information content (AvgIpc) is 2.21. The number of likely N-dealkylation sites (N-methyl/N-ethyl adjacent to an activating group) is 1. The number of hydrogen-bond acceptors (Lipinski definition) is 4. The predicted octanol–water partition coefficient (Wildman–Crippen LogP) is 1.13. The van der Waals surface area contributed by atoms with E-state index >= 15 is 0 Å². The van der Waals surface area contributed by atoms with Gasteiger partial charge in [-0.05, 0) is 33.9 Å². The summed E-state index contributed by atoms with van der Waals surface area (Å²) in [6.07, 6.45) is 1.30. The Balaban J connectivity index is 4.21. The van der Waals surface area contributed by atoms with Crippen LogP contribution >= 0.6 is 0 Å². The van der Waals surface area contributed by atoms with Gasteiger partial charge in [0, 0.05) is 25.4 Å². The van der Waals surface area contributed by atoms with Gasteiger partial charge in [0.25, 0.3) is 0 Å². The molecule has 0 rings (SSSR count). The summed E-state index contributed by atoms with van der Waals surface area (Å²) in [7, 11) is -3.01. The maximum atomic E-state index is 11.5. The van der Waals surface area contributed by atoms with Crippen molar-refractivity contribution in [3.8, 4) is 0 Å². The van der Waals surface area contributed by atoms with Crippen LogP contribution in [0.5, 0.6) is 0 Å². The van der Waals surface area contributed by atoms with Gasteiger partial charge in [-0.3, -0.25) is 0 Å². The van der Waals surface area contributed by atoms with Crippen LogP contribution in [0.4, 0.5) is 0 Å². The van der Waals surface area contributed by atoms with E-state index in [-0.39, 0.29) is 0 Å². The minimum atomic E-state index is -3.01.